The van der Waals surface area contributed by atoms with Gasteiger partial charge >= 0.3 is 5.97 Å². The summed E-state index contributed by atoms with van der Waals surface area (Å²) in [6.45, 7) is 0. The molecule has 11 nitrogen and oxygen atoms in total. The smallest absolute Gasteiger partial charge is 0.327 e. The third-order valence-corrected chi connectivity index (χ3v) is 6.30. The van der Waals surface area contributed by atoms with E-state index in [2.05, 4.69) is 38.5 Å². The predicted molar refractivity (Wildman–Crippen MR) is 141 cm³/mol. The largest absolute Gasteiger partial charge is 0.480 e. The number of rotatable bonds is 15. The van der Waals surface area contributed by atoms with Crippen molar-refractivity contribution in [3.63, 3.8) is 0 Å². The molecule has 0 aliphatic rings. The molecule has 36 heavy (non-hydrogen) atoms. The third-order valence-electron chi connectivity index (χ3n) is 5.29. The summed E-state index contributed by atoms with van der Waals surface area (Å²) in [4.78, 5) is 57.0. The van der Waals surface area contributed by atoms with Crippen LogP contribution in [0.25, 0.3) is 0 Å². The molecule has 2 aromatic rings. The first-order valence-electron chi connectivity index (χ1n) is 11.3. The number of aromatic nitrogens is 2. The second-order valence-electron chi connectivity index (χ2n) is 8.06. The summed E-state index contributed by atoms with van der Waals surface area (Å²) in [6.07, 6.45) is 5.53. The maximum absolute atomic E-state index is 13.3. The van der Waals surface area contributed by atoms with Crippen LogP contribution in [0, 0.1) is 0 Å². The van der Waals surface area contributed by atoms with Gasteiger partial charge in [0.25, 0.3) is 0 Å². The van der Waals surface area contributed by atoms with E-state index in [4.69, 9.17) is 5.73 Å². The first-order valence-corrected chi connectivity index (χ1v) is 13.3. The molecular formula is C23H32N6O5S2. The van der Waals surface area contributed by atoms with Crippen LogP contribution in [-0.2, 0) is 32.0 Å². The number of hydrogen-bond donors (Lipinski definition) is 7. The molecule has 13 heteroatoms. The van der Waals surface area contributed by atoms with Crippen molar-refractivity contribution in [2.45, 2.75) is 43.4 Å². The zero-order chi connectivity index (χ0) is 26.5. The Labute approximate surface area is 219 Å². The van der Waals surface area contributed by atoms with Gasteiger partial charge in [-0.1, -0.05) is 30.3 Å². The van der Waals surface area contributed by atoms with Crippen LogP contribution in [0.2, 0.25) is 0 Å². The minimum absolute atomic E-state index is 0.106. The highest BCUT2D eigenvalue weighted by atomic mass is 32.2. The van der Waals surface area contributed by atoms with Crippen molar-refractivity contribution in [3.8, 4) is 0 Å². The Bertz CT molecular complexity index is 992. The van der Waals surface area contributed by atoms with Crippen LogP contribution in [0.1, 0.15) is 17.7 Å². The average molecular weight is 537 g/mol. The number of amides is 3. The molecule has 4 atom stereocenters. The van der Waals surface area contributed by atoms with Crippen LogP contribution in [0.5, 0.6) is 0 Å². The molecule has 0 aliphatic carbocycles. The van der Waals surface area contributed by atoms with Crippen molar-refractivity contribution in [1.82, 2.24) is 25.9 Å². The highest BCUT2D eigenvalue weighted by Gasteiger charge is 2.30. The second kappa shape index (κ2) is 15.2. The third kappa shape index (κ3) is 9.55. The molecule has 7 N–H and O–H groups in total. The average Bonchev–Trinajstić information content (AvgIpc) is 3.37. The zero-order valence-corrected chi connectivity index (χ0v) is 21.6. The number of carboxylic acids is 1. The Morgan fingerprint density at radius 3 is 2.25 bits per heavy atom. The van der Waals surface area contributed by atoms with Crippen molar-refractivity contribution in [1.29, 1.82) is 0 Å². The Balaban J connectivity index is 2.17. The van der Waals surface area contributed by atoms with E-state index in [0.717, 1.165) is 5.56 Å². The van der Waals surface area contributed by atoms with Gasteiger partial charge in [0, 0.05) is 30.5 Å². The van der Waals surface area contributed by atoms with Crippen molar-refractivity contribution in [2.24, 2.45) is 5.73 Å². The van der Waals surface area contributed by atoms with Gasteiger partial charge in [-0.05, 0) is 24.0 Å². The summed E-state index contributed by atoms with van der Waals surface area (Å²) in [6, 6.07) is 4.95. The monoisotopic (exact) mass is 536 g/mol. The maximum Gasteiger partial charge on any atom is 0.327 e. The van der Waals surface area contributed by atoms with Gasteiger partial charge in [-0.15, -0.1) is 0 Å². The maximum atomic E-state index is 13.3. The Morgan fingerprint density at radius 2 is 1.67 bits per heavy atom. The lowest BCUT2D eigenvalue weighted by Crippen LogP contribution is -2.58. The van der Waals surface area contributed by atoms with Crippen molar-refractivity contribution >= 4 is 48.1 Å². The summed E-state index contributed by atoms with van der Waals surface area (Å²) in [5, 5.41) is 17.0. The number of carbonyl (C=O) groups is 4. The second-order valence-corrected chi connectivity index (χ2v) is 9.41. The lowest BCUT2D eigenvalue weighted by Gasteiger charge is -2.25. The molecule has 0 bridgehead atoms. The normalized spacial score (nSPS) is 14.2. The SMILES string of the molecule is CSCCC(NC(=O)C(Cc1ccccc1)NC(=O)C(N)Cc1cnc[nH]1)C(=O)NC(CS)C(=O)O. The molecule has 0 aliphatic heterocycles. The van der Waals surface area contributed by atoms with E-state index in [0.29, 0.717) is 11.4 Å². The van der Waals surface area contributed by atoms with Gasteiger partial charge in [-0.3, -0.25) is 14.4 Å². The topological polar surface area (TPSA) is 179 Å². The van der Waals surface area contributed by atoms with Gasteiger partial charge in [0.2, 0.25) is 17.7 Å². The number of benzene rings is 1. The van der Waals surface area contributed by atoms with Gasteiger partial charge < -0.3 is 31.8 Å². The number of thioether (sulfide) groups is 1. The molecule has 4 unspecified atom stereocenters. The van der Waals surface area contributed by atoms with Gasteiger partial charge in [0.1, 0.15) is 18.1 Å². The van der Waals surface area contributed by atoms with Crippen LogP contribution in [-0.4, -0.2) is 80.7 Å². The van der Waals surface area contributed by atoms with Crippen LogP contribution in [0.3, 0.4) is 0 Å². The number of carboxylic acid groups (broad SMARTS) is 1. The van der Waals surface area contributed by atoms with Crippen molar-refractivity contribution < 1.29 is 24.3 Å². The van der Waals surface area contributed by atoms with Crippen LogP contribution in [0.4, 0.5) is 0 Å². The molecule has 0 saturated heterocycles. The highest BCUT2D eigenvalue weighted by molar-refractivity contribution is 7.98. The number of imidazole rings is 1. The lowest BCUT2D eigenvalue weighted by molar-refractivity contribution is -0.141. The number of nitrogens with one attached hydrogen (secondary N) is 4. The summed E-state index contributed by atoms with van der Waals surface area (Å²) in [7, 11) is 0. The number of nitrogens with two attached hydrogens (primary N) is 1. The van der Waals surface area contributed by atoms with Gasteiger partial charge in [0.15, 0.2) is 0 Å². The summed E-state index contributed by atoms with van der Waals surface area (Å²) >= 11 is 5.44. The van der Waals surface area contributed by atoms with E-state index in [9.17, 15) is 24.3 Å². The van der Waals surface area contributed by atoms with E-state index in [-0.39, 0.29) is 25.0 Å². The molecule has 0 saturated carbocycles. The molecule has 196 valence electrons. The fraction of sp³-hybridized carbons (Fsp3) is 0.435. The predicted octanol–water partition coefficient (Wildman–Crippen LogP) is -0.256. The van der Waals surface area contributed by atoms with Crippen molar-refractivity contribution in [2.75, 3.05) is 17.8 Å². The summed E-state index contributed by atoms with van der Waals surface area (Å²) in [5.41, 5.74) is 7.51. The number of hydrogen-bond acceptors (Lipinski definition) is 8. The lowest BCUT2D eigenvalue weighted by atomic mass is 10.0. The molecule has 0 radical (unpaired) electrons. The number of aliphatic carboxylic acids is 1. The number of aromatic amines is 1. The Kier molecular flexibility index (Phi) is 12.3. The zero-order valence-electron chi connectivity index (χ0n) is 19.8. The first-order chi connectivity index (χ1) is 17.2. The summed E-state index contributed by atoms with van der Waals surface area (Å²) in [5.74, 6) is -2.55. The number of thiol groups is 1. The van der Waals surface area contributed by atoms with Gasteiger partial charge in [-0.2, -0.15) is 24.4 Å². The van der Waals surface area contributed by atoms with E-state index in [1.165, 1.54) is 18.1 Å². The molecule has 3 amide bonds. The minimum Gasteiger partial charge on any atom is -0.480 e. The molecule has 2 rings (SSSR count). The first kappa shape index (κ1) is 29.2. The molecular weight excluding hydrogens is 504 g/mol. The molecule has 0 fully saturated rings. The molecule has 0 spiro atoms. The summed E-state index contributed by atoms with van der Waals surface area (Å²) < 4.78 is 0. The van der Waals surface area contributed by atoms with Gasteiger partial charge in [-0.25, -0.2) is 9.78 Å². The Hall–Kier alpha value is -3.03. The van der Waals surface area contributed by atoms with E-state index >= 15 is 0 Å². The van der Waals surface area contributed by atoms with Crippen molar-refractivity contribution in [3.05, 3.63) is 54.1 Å². The number of H-pyrrole nitrogens is 1. The fourth-order valence-corrected chi connectivity index (χ4v) is 4.02. The van der Waals surface area contributed by atoms with Crippen LogP contribution >= 0.6 is 24.4 Å². The molecule has 1 aromatic heterocycles. The Morgan fingerprint density at radius 1 is 1.03 bits per heavy atom. The molecule has 1 aromatic carbocycles. The van der Waals surface area contributed by atoms with Crippen LogP contribution in [0.15, 0.2) is 42.9 Å². The quantitative estimate of drug-likeness (QED) is 0.152. The highest BCUT2D eigenvalue weighted by Crippen LogP contribution is 2.07. The molecule has 1 heterocycles. The van der Waals surface area contributed by atoms with E-state index in [1.807, 2.05) is 36.6 Å². The number of nitrogens with zero attached hydrogens (tertiary/aromatic N) is 1. The minimum atomic E-state index is -1.23. The van der Waals surface area contributed by atoms with Crippen LogP contribution < -0.4 is 21.7 Å². The fourth-order valence-electron chi connectivity index (χ4n) is 3.30. The number of carbonyl (C=O) groups excluding carboxylic acids is 3. The van der Waals surface area contributed by atoms with E-state index in [1.54, 1.807) is 6.20 Å². The van der Waals surface area contributed by atoms with Gasteiger partial charge in [0.05, 0.1) is 12.4 Å². The standard InChI is InChI=1S/C23H32N6O5S2/c1-36-8-7-17(21(31)29-19(12-35)23(33)34)27-22(32)18(9-14-5-3-2-4-6-14)28-20(30)16(24)10-15-11-25-13-26-15/h2-6,11,13,16-19,35H,7-10,12,24H2,1H3,(H,25,26)(H,27,32)(H,28,30)(H,29,31)(H,33,34). The van der Waals surface area contributed by atoms with E-state index < -0.39 is 47.9 Å².